The second kappa shape index (κ2) is 8.71. The van der Waals surface area contributed by atoms with E-state index in [2.05, 4.69) is 20.7 Å². The van der Waals surface area contributed by atoms with E-state index in [1.165, 1.54) is 0 Å². The highest BCUT2D eigenvalue weighted by atomic mass is 35.5. The van der Waals surface area contributed by atoms with E-state index in [9.17, 15) is 9.59 Å². The fourth-order valence-corrected chi connectivity index (χ4v) is 4.28. The molecule has 150 valence electrons. The Hall–Kier alpha value is -2.78. The Bertz CT molecular complexity index is 1030. The van der Waals surface area contributed by atoms with Crippen LogP contribution in [-0.2, 0) is 27.6 Å². The van der Waals surface area contributed by atoms with Gasteiger partial charge in [-0.1, -0.05) is 17.7 Å². The number of halogens is 1. The van der Waals surface area contributed by atoms with Crippen LogP contribution in [0.4, 0.5) is 5.82 Å². The third-order valence-corrected chi connectivity index (χ3v) is 5.69. The van der Waals surface area contributed by atoms with Crippen LogP contribution in [0.5, 0.6) is 0 Å². The molecular formula is C19H19ClN6O2S. The van der Waals surface area contributed by atoms with Crippen LogP contribution in [0.25, 0.3) is 5.69 Å². The zero-order chi connectivity index (χ0) is 20.2. The first-order valence-corrected chi connectivity index (χ1v) is 10.6. The fourth-order valence-electron chi connectivity index (χ4n) is 3.06. The molecule has 1 aromatic carbocycles. The zero-order valence-corrected chi connectivity index (χ0v) is 17.0. The number of aromatic nitrogens is 4. The Kier molecular flexibility index (Phi) is 5.86. The first kappa shape index (κ1) is 19.5. The van der Waals surface area contributed by atoms with E-state index >= 15 is 0 Å². The maximum Gasteiger partial charge on any atom is 0.314 e. The second-order valence-electron chi connectivity index (χ2n) is 6.52. The number of amides is 2. The maximum absolute atomic E-state index is 12.5. The normalized spacial score (nSPS) is 12.6. The van der Waals surface area contributed by atoms with Crippen molar-refractivity contribution < 1.29 is 9.59 Å². The van der Waals surface area contributed by atoms with Crippen molar-refractivity contribution in [3.05, 3.63) is 59.3 Å². The van der Waals surface area contributed by atoms with Gasteiger partial charge in [0.15, 0.2) is 0 Å². The van der Waals surface area contributed by atoms with Crippen molar-refractivity contribution in [2.45, 2.75) is 24.5 Å². The highest BCUT2D eigenvalue weighted by molar-refractivity contribution is 7.98. The third kappa shape index (κ3) is 4.46. The van der Waals surface area contributed by atoms with Gasteiger partial charge in [0, 0.05) is 47.6 Å². The predicted molar refractivity (Wildman–Crippen MR) is 112 cm³/mol. The minimum absolute atomic E-state index is 0.395. The van der Waals surface area contributed by atoms with Gasteiger partial charge in [0.05, 0.1) is 17.7 Å². The number of carbonyl (C=O) groups is 2. The van der Waals surface area contributed by atoms with Crippen LogP contribution in [0.1, 0.15) is 17.7 Å². The molecule has 29 heavy (non-hydrogen) atoms. The molecule has 2 N–H and O–H groups in total. The van der Waals surface area contributed by atoms with Crippen LogP contribution < -0.4 is 10.6 Å². The summed E-state index contributed by atoms with van der Waals surface area (Å²) >= 11 is 7.82. The SMILES string of the molecule is O=C(NCCCn1ccnc1)C(=O)Nc1c2c(nn1-c1cccc(Cl)c1)CSC2. The molecule has 2 amide bonds. The van der Waals surface area contributed by atoms with E-state index in [0.717, 1.165) is 28.5 Å². The number of benzene rings is 1. The molecule has 0 saturated carbocycles. The fraction of sp³-hybridized carbons (Fsp3) is 0.263. The van der Waals surface area contributed by atoms with E-state index < -0.39 is 11.8 Å². The van der Waals surface area contributed by atoms with Gasteiger partial charge in [0.1, 0.15) is 5.82 Å². The van der Waals surface area contributed by atoms with Crippen molar-refractivity contribution in [1.82, 2.24) is 24.6 Å². The molecule has 0 unspecified atom stereocenters. The summed E-state index contributed by atoms with van der Waals surface area (Å²) in [6.07, 6.45) is 5.96. The molecule has 3 heterocycles. The maximum atomic E-state index is 12.5. The van der Waals surface area contributed by atoms with E-state index in [1.807, 2.05) is 22.9 Å². The van der Waals surface area contributed by atoms with Gasteiger partial charge in [0.25, 0.3) is 0 Å². The van der Waals surface area contributed by atoms with Crippen molar-refractivity contribution in [1.29, 1.82) is 0 Å². The Labute approximate surface area is 176 Å². The van der Waals surface area contributed by atoms with Gasteiger partial charge in [-0.2, -0.15) is 16.9 Å². The van der Waals surface area contributed by atoms with Crippen molar-refractivity contribution in [3.8, 4) is 5.69 Å². The largest absolute Gasteiger partial charge is 0.348 e. The molecule has 0 radical (unpaired) electrons. The quantitative estimate of drug-likeness (QED) is 0.463. The van der Waals surface area contributed by atoms with Gasteiger partial charge < -0.3 is 15.2 Å². The summed E-state index contributed by atoms with van der Waals surface area (Å²) in [6.45, 7) is 1.11. The number of aryl methyl sites for hydroxylation is 1. The zero-order valence-electron chi connectivity index (χ0n) is 15.5. The molecule has 0 saturated heterocycles. The minimum atomic E-state index is -0.712. The number of carbonyl (C=O) groups excluding carboxylic acids is 2. The van der Waals surface area contributed by atoms with Crippen molar-refractivity contribution in [3.63, 3.8) is 0 Å². The standard InChI is InChI=1S/C19H19ClN6O2S/c20-13-3-1-4-14(9-13)26-17(15-10-29-11-16(15)24-26)23-19(28)18(27)22-5-2-7-25-8-6-21-12-25/h1,3-4,6,8-9,12H,2,5,7,10-11H2,(H,22,27)(H,23,28). The number of imidazole rings is 1. The lowest BCUT2D eigenvalue weighted by atomic mass is 10.2. The number of fused-ring (bicyclic) bond motifs is 1. The molecule has 3 aromatic rings. The number of anilines is 1. The van der Waals surface area contributed by atoms with Crippen LogP contribution in [0.15, 0.2) is 43.0 Å². The van der Waals surface area contributed by atoms with Gasteiger partial charge >= 0.3 is 11.8 Å². The smallest absolute Gasteiger partial charge is 0.314 e. The van der Waals surface area contributed by atoms with Crippen LogP contribution >= 0.6 is 23.4 Å². The van der Waals surface area contributed by atoms with Gasteiger partial charge in [-0.05, 0) is 24.6 Å². The molecule has 0 aliphatic carbocycles. The number of nitrogens with zero attached hydrogens (tertiary/aromatic N) is 4. The van der Waals surface area contributed by atoms with Gasteiger partial charge in [-0.25, -0.2) is 9.67 Å². The number of thioether (sulfide) groups is 1. The topological polar surface area (TPSA) is 93.8 Å². The average Bonchev–Trinajstić information content (AvgIpc) is 3.44. The van der Waals surface area contributed by atoms with Gasteiger partial charge in [-0.15, -0.1) is 0 Å². The molecule has 0 atom stereocenters. The van der Waals surface area contributed by atoms with Crippen molar-refractivity contribution >= 4 is 41.0 Å². The van der Waals surface area contributed by atoms with E-state index in [1.54, 1.807) is 41.1 Å². The Balaban J connectivity index is 1.43. The number of nitrogens with one attached hydrogen (secondary N) is 2. The first-order valence-electron chi connectivity index (χ1n) is 9.11. The Morgan fingerprint density at radius 1 is 1.24 bits per heavy atom. The molecule has 10 heteroatoms. The average molecular weight is 431 g/mol. The molecule has 8 nitrogen and oxygen atoms in total. The molecule has 0 spiro atoms. The summed E-state index contributed by atoms with van der Waals surface area (Å²) in [5, 5.41) is 10.6. The highest BCUT2D eigenvalue weighted by Gasteiger charge is 2.26. The molecule has 2 aromatic heterocycles. The summed E-state index contributed by atoms with van der Waals surface area (Å²) in [4.78, 5) is 28.7. The molecular weight excluding hydrogens is 412 g/mol. The monoisotopic (exact) mass is 430 g/mol. The summed E-state index contributed by atoms with van der Waals surface area (Å²) in [6, 6.07) is 7.21. The minimum Gasteiger partial charge on any atom is -0.348 e. The lowest BCUT2D eigenvalue weighted by Crippen LogP contribution is -2.36. The number of hydrogen-bond acceptors (Lipinski definition) is 5. The van der Waals surface area contributed by atoms with Gasteiger partial charge in [0.2, 0.25) is 0 Å². The number of hydrogen-bond donors (Lipinski definition) is 2. The van der Waals surface area contributed by atoms with Crippen molar-refractivity contribution in [2.75, 3.05) is 11.9 Å². The predicted octanol–water partition coefficient (Wildman–Crippen LogP) is 2.61. The summed E-state index contributed by atoms with van der Waals surface area (Å²) < 4.78 is 3.55. The lowest BCUT2D eigenvalue weighted by molar-refractivity contribution is -0.136. The molecule has 4 rings (SSSR count). The van der Waals surface area contributed by atoms with E-state index in [-0.39, 0.29) is 0 Å². The van der Waals surface area contributed by atoms with Crippen LogP contribution in [-0.4, -0.2) is 37.7 Å². The highest BCUT2D eigenvalue weighted by Crippen LogP contribution is 2.36. The Morgan fingerprint density at radius 3 is 2.93 bits per heavy atom. The van der Waals surface area contributed by atoms with Gasteiger partial charge in [-0.3, -0.25) is 9.59 Å². The first-order chi connectivity index (χ1) is 14.1. The summed E-state index contributed by atoms with van der Waals surface area (Å²) in [5.74, 6) is 0.639. The van der Waals surface area contributed by atoms with Crippen LogP contribution in [0, 0.1) is 0 Å². The molecule has 1 aliphatic rings. The second-order valence-corrected chi connectivity index (χ2v) is 7.94. The number of rotatable bonds is 6. The molecule has 1 aliphatic heterocycles. The van der Waals surface area contributed by atoms with Crippen molar-refractivity contribution in [2.24, 2.45) is 0 Å². The molecule has 0 fully saturated rings. The summed E-state index contributed by atoms with van der Waals surface area (Å²) in [7, 11) is 0. The van der Waals surface area contributed by atoms with E-state index in [0.29, 0.717) is 30.4 Å². The van der Waals surface area contributed by atoms with Crippen LogP contribution in [0.3, 0.4) is 0 Å². The van der Waals surface area contributed by atoms with Crippen LogP contribution in [0.2, 0.25) is 5.02 Å². The molecule has 0 bridgehead atoms. The lowest BCUT2D eigenvalue weighted by Gasteiger charge is -2.11. The Morgan fingerprint density at radius 2 is 2.14 bits per heavy atom. The third-order valence-electron chi connectivity index (χ3n) is 4.48. The summed E-state index contributed by atoms with van der Waals surface area (Å²) in [5.41, 5.74) is 2.58. The van der Waals surface area contributed by atoms with E-state index in [4.69, 9.17) is 11.6 Å².